The van der Waals surface area contributed by atoms with E-state index < -0.39 is 35.0 Å². The molecule has 1 aromatic rings. The second-order valence-corrected chi connectivity index (χ2v) is 5.00. The van der Waals surface area contributed by atoms with E-state index in [1.807, 2.05) is 0 Å². The fraction of sp³-hybridized carbons (Fsp3) is 0.417. The van der Waals surface area contributed by atoms with E-state index in [2.05, 4.69) is 10.3 Å². The fourth-order valence-corrected chi connectivity index (χ4v) is 1.33. The number of aliphatic carboxylic acids is 1. The van der Waals surface area contributed by atoms with Crippen LogP contribution in [0.4, 0.5) is 19.0 Å². The third kappa shape index (κ3) is 4.07. The molecular formula is C12H14F3N3O3. The maximum Gasteiger partial charge on any atom is 0.433 e. The molecule has 21 heavy (non-hydrogen) atoms. The molecule has 1 heterocycles. The van der Waals surface area contributed by atoms with Gasteiger partial charge in [0.25, 0.3) is 5.91 Å². The molecule has 9 heteroatoms. The first kappa shape index (κ1) is 16.7. The lowest BCUT2D eigenvalue weighted by Crippen LogP contribution is -2.32. The van der Waals surface area contributed by atoms with Crippen LogP contribution in [-0.4, -0.2) is 28.5 Å². The van der Waals surface area contributed by atoms with E-state index in [0.29, 0.717) is 6.07 Å². The lowest BCUT2D eigenvalue weighted by molar-refractivity contribution is -0.146. The molecule has 0 aliphatic rings. The van der Waals surface area contributed by atoms with Crippen LogP contribution in [0.2, 0.25) is 0 Å². The number of carbonyl (C=O) groups is 2. The molecule has 0 aliphatic carbocycles. The molecule has 116 valence electrons. The number of alkyl halides is 3. The summed E-state index contributed by atoms with van der Waals surface area (Å²) in [5, 5.41) is 11.4. The standard InChI is InChI=1S/C12H14F3N3O3/c1-11(2,10(20)21)5-17-9-6(8(16)19)3-4-7(18-9)12(13,14)15/h3-4H,5H2,1-2H3,(H2,16,19)(H,17,18)(H,20,21). The molecule has 4 N–H and O–H groups in total. The largest absolute Gasteiger partial charge is 0.481 e. The summed E-state index contributed by atoms with van der Waals surface area (Å²) in [6, 6.07) is 1.53. The van der Waals surface area contributed by atoms with Crippen molar-refractivity contribution in [3.8, 4) is 0 Å². The van der Waals surface area contributed by atoms with Crippen molar-refractivity contribution in [2.75, 3.05) is 11.9 Å². The molecule has 0 atom stereocenters. The Bertz CT molecular complexity index is 571. The molecule has 1 amide bonds. The fourth-order valence-electron chi connectivity index (χ4n) is 1.33. The topological polar surface area (TPSA) is 105 Å². The SMILES string of the molecule is CC(C)(CNc1nc(C(F)(F)F)ccc1C(N)=O)C(=O)O. The minimum Gasteiger partial charge on any atom is -0.481 e. The Morgan fingerprint density at radius 1 is 1.33 bits per heavy atom. The monoisotopic (exact) mass is 305 g/mol. The number of carboxylic acid groups (broad SMARTS) is 1. The Balaban J connectivity index is 3.13. The van der Waals surface area contributed by atoms with E-state index in [1.165, 1.54) is 13.8 Å². The first-order chi connectivity index (χ1) is 9.45. The Morgan fingerprint density at radius 3 is 2.33 bits per heavy atom. The van der Waals surface area contributed by atoms with E-state index in [-0.39, 0.29) is 12.1 Å². The second-order valence-electron chi connectivity index (χ2n) is 5.00. The lowest BCUT2D eigenvalue weighted by Gasteiger charge is -2.21. The summed E-state index contributed by atoms with van der Waals surface area (Å²) in [4.78, 5) is 25.4. The van der Waals surface area contributed by atoms with Crippen molar-refractivity contribution in [2.45, 2.75) is 20.0 Å². The highest BCUT2D eigenvalue weighted by atomic mass is 19.4. The summed E-state index contributed by atoms with van der Waals surface area (Å²) in [7, 11) is 0. The molecule has 0 radical (unpaired) electrons. The van der Waals surface area contributed by atoms with Crippen molar-refractivity contribution in [3.63, 3.8) is 0 Å². The van der Waals surface area contributed by atoms with Gasteiger partial charge in [-0.2, -0.15) is 13.2 Å². The quantitative estimate of drug-likeness (QED) is 0.768. The van der Waals surface area contributed by atoms with Gasteiger partial charge in [0.05, 0.1) is 11.0 Å². The number of rotatable bonds is 5. The average Bonchev–Trinajstić information content (AvgIpc) is 2.34. The van der Waals surface area contributed by atoms with Crippen molar-refractivity contribution in [2.24, 2.45) is 11.1 Å². The number of nitrogens with one attached hydrogen (secondary N) is 1. The number of carbonyl (C=O) groups excluding carboxylic acids is 1. The van der Waals surface area contributed by atoms with Gasteiger partial charge in [-0.3, -0.25) is 9.59 Å². The average molecular weight is 305 g/mol. The van der Waals surface area contributed by atoms with E-state index in [4.69, 9.17) is 10.8 Å². The molecule has 0 aromatic carbocycles. The van der Waals surface area contributed by atoms with Gasteiger partial charge in [0, 0.05) is 6.54 Å². The molecule has 1 rings (SSSR count). The summed E-state index contributed by atoms with van der Waals surface area (Å²) in [6.45, 7) is 2.52. The van der Waals surface area contributed by atoms with Crippen LogP contribution in [0.3, 0.4) is 0 Å². The van der Waals surface area contributed by atoms with Crippen molar-refractivity contribution in [3.05, 3.63) is 23.4 Å². The van der Waals surface area contributed by atoms with E-state index >= 15 is 0 Å². The Morgan fingerprint density at radius 2 is 1.90 bits per heavy atom. The molecule has 0 aliphatic heterocycles. The maximum atomic E-state index is 12.6. The molecule has 0 saturated carbocycles. The van der Waals surface area contributed by atoms with Crippen molar-refractivity contribution < 1.29 is 27.9 Å². The Hall–Kier alpha value is -2.32. The van der Waals surface area contributed by atoms with Crippen LogP contribution >= 0.6 is 0 Å². The molecule has 0 unspecified atom stereocenters. The molecule has 0 fully saturated rings. The van der Waals surface area contributed by atoms with Gasteiger partial charge in [0.1, 0.15) is 11.5 Å². The zero-order valence-corrected chi connectivity index (χ0v) is 11.3. The highest BCUT2D eigenvalue weighted by Crippen LogP contribution is 2.29. The number of amides is 1. The molecule has 0 bridgehead atoms. The van der Waals surface area contributed by atoms with Crippen LogP contribution in [-0.2, 0) is 11.0 Å². The van der Waals surface area contributed by atoms with E-state index in [0.717, 1.165) is 6.07 Å². The Kier molecular flexibility index (Phi) is 4.45. The van der Waals surface area contributed by atoms with Crippen molar-refractivity contribution in [1.82, 2.24) is 4.98 Å². The van der Waals surface area contributed by atoms with Gasteiger partial charge in [-0.1, -0.05) is 0 Å². The number of halogens is 3. The molecule has 1 aromatic heterocycles. The minimum absolute atomic E-state index is 0.225. The van der Waals surface area contributed by atoms with Gasteiger partial charge in [-0.25, -0.2) is 4.98 Å². The normalized spacial score (nSPS) is 12.0. The molecule has 0 saturated heterocycles. The molecule has 0 spiro atoms. The smallest absolute Gasteiger partial charge is 0.433 e. The van der Waals surface area contributed by atoms with Crippen LogP contribution < -0.4 is 11.1 Å². The van der Waals surface area contributed by atoms with Crippen molar-refractivity contribution in [1.29, 1.82) is 0 Å². The maximum absolute atomic E-state index is 12.6. The lowest BCUT2D eigenvalue weighted by atomic mass is 9.94. The number of carboxylic acids is 1. The van der Waals surface area contributed by atoms with Gasteiger partial charge in [-0.15, -0.1) is 0 Å². The summed E-state index contributed by atoms with van der Waals surface area (Å²) in [6.07, 6.45) is -4.69. The van der Waals surface area contributed by atoms with Crippen LogP contribution in [0.1, 0.15) is 29.9 Å². The summed E-state index contributed by atoms with van der Waals surface area (Å²) in [5.74, 6) is -2.51. The Labute approximate surface area is 118 Å². The van der Waals surface area contributed by atoms with Crippen molar-refractivity contribution >= 4 is 17.7 Å². The van der Waals surface area contributed by atoms with Gasteiger partial charge in [-0.05, 0) is 26.0 Å². The highest BCUT2D eigenvalue weighted by Gasteiger charge is 2.34. The predicted molar refractivity (Wildman–Crippen MR) is 67.7 cm³/mol. The third-order valence-corrected chi connectivity index (χ3v) is 2.73. The van der Waals surface area contributed by atoms with Gasteiger partial charge < -0.3 is 16.2 Å². The van der Waals surface area contributed by atoms with E-state index in [1.54, 1.807) is 0 Å². The van der Waals surface area contributed by atoms with Crippen LogP contribution in [0.15, 0.2) is 12.1 Å². The van der Waals surface area contributed by atoms with Crippen LogP contribution in [0.5, 0.6) is 0 Å². The molecular weight excluding hydrogens is 291 g/mol. The number of aromatic nitrogens is 1. The van der Waals surface area contributed by atoms with Gasteiger partial charge in [0.2, 0.25) is 0 Å². The number of pyridine rings is 1. The predicted octanol–water partition coefficient (Wildman–Crippen LogP) is 1.72. The second kappa shape index (κ2) is 5.58. The number of nitrogens with two attached hydrogens (primary N) is 1. The van der Waals surface area contributed by atoms with E-state index in [9.17, 15) is 22.8 Å². The van der Waals surface area contributed by atoms with Gasteiger partial charge >= 0.3 is 12.1 Å². The number of hydrogen-bond acceptors (Lipinski definition) is 4. The first-order valence-corrected chi connectivity index (χ1v) is 5.80. The number of anilines is 1. The van der Waals surface area contributed by atoms with Crippen LogP contribution in [0.25, 0.3) is 0 Å². The first-order valence-electron chi connectivity index (χ1n) is 5.80. The number of nitrogens with zero attached hydrogens (tertiary/aromatic N) is 1. The van der Waals surface area contributed by atoms with Crippen LogP contribution in [0, 0.1) is 5.41 Å². The zero-order chi connectivity index (χ0) is 16.4. The van der Waals surface area contributed by atoms with Gasteiger partial charge in [0.15, 0.2) is 0 Å². The zero-order valence-electron chi connectivity index (χ0n) is 11.3. The minimum atomic E-state index is -4.69. The summed E-state index contributed by atoms with van der Waals surface area (Å²) < 4.78 is 37.8. The number of hydrogen-bond donors (Lipinski definition) is 3. The molecule has 6 nitrogen and oxygen atoms in total. The third-order valence-electron chi connectivity index (χ3n) is 2.73. The summed E-state index contributed by atoms with van der Waals surface area (Å²) in [5.41, 5.74) is 2.35. The highest BCUT2D eigenvalue weighted by molar-refractivity contribution is 5.97. The summed E-state index contributed by atoms with van der Waals surface area (Å²) >= 11 is 0. The number of primary amides is 1.